The Kier molecular flexibility index (Phi) is 62.4. The second kappa shape index (κ2) is 63.9. The number of unbranched alkanes of at least 4 members (excludes halogenated alkanes) is 50. The number of aliphatic hydroxyl groups excluding tert-OH is 2. The minimum atomic E-state index is -0.845. The average molecular weight is 1040 g/mol. The van der Waals surface area contributed by atoms with Gasteiger partial charge in [-0.25, -0.2) is 0 Å². The molecular weight excluding hydrogens is 911 g/mol. The molecule has 0 aliphatic heterocycles. The Morgan fingerprint density at radius 3 is 0.959 bits per heavy atom. The minimum Gasteiger partial charge on any atom is -0.466 e. The summed E-state index contributed by atoms with van der Waals surface area (Å²) in [7, 11) is 0. The lowest BCUT2D eigenvalue weighted by molar-refractivity contribution is -0.143. The first-order valence-electron chi connectivity index (χ1n) is 33.6. The molecular formula is C68H131NO5. The third-order valence-corrected chi connectivity index (χ3v) is 15.7. The standard InChI is InChI=1S/C68H131NO5/c1-3-5-7-9-11-13-15-17-19-30-33-36-40-44-48-52-56-60-66(71)65(64-70)69-67(72)61-57-53-49-45-41-37-34-31-28-26-24-22-20-21-23-25-27-29-32-35-39-43-47-51-55-59-63-74-68(73)62-58-54-50-46-42-38-18-16-14-12-10-8-6-4-2/h20,22,56,60,65-66,70-71H,3-19,21,23-55,57-59,61-64H2,1-2H3,(H,69,72)/b22-20-,60-56+. The van der Waals surface area contributed by atoms with Gasteiger partial charge in [0.05, 0.1) is 25.4 Å². The zero-order valence-corrected chi connectivity index (χ0v) is 50.1. The van der Waals surface area contributed by atoms with E-state index in [0.29, 0.717) is 19.4 Å². The van der Waals surface area contributed by atoms with E-state index >= 15 is 0 Å². The van der Waals surface area contributed by atoms with Crippen LogP contribution >= 0.6 is 0 Å². The molecule has 3 N–H and O–H groups in total. The molecule has 6 heteroatoms. The molecule has 74 heavy (non-hydrogen) atoms. The Bertz CT molecular complexity index is 1150. The summed E-state index contributed by atoms with van der Waals surface area (Å²) in [5, 5.41) is 23.2. The molecule has 0 aromatic carbocycles. The molecule has 2 unspecified atom stereocenters. The quantitative estimate of drug-likeness (QED) is 0.0320. The van der Waals surface area contributed by atoms with Crippen molar-refractivity contribution >= 4 is 11.9 Å². The average Bonchev–Trinajstić information content (AvgIpc) is 3.40. The summed E-state index contributed by atoms with van der Waals surface area (Å²) in [6, 6.07) is -0.629. The summed E-state index contributed by atoms with van der Waals surface area (Å²) in [5.74, 6) is -0.0503. The van der Waals surface area contributed by atoms with Gasteiger partial charge >= 0.3 is 5.97 Å². The van der Waals surface area contributed by atoms with Crippen LogP contribution in [0.4, 0.5) is 0 Å². The van der Waals surface area contributed by atoms with Crippen molar-refractivity contribution in [2.75, 3.05) is 13.2 Å². The van der Waals surface area contributed by atoms with Crippen LogP contribution in [0, 0.1) is 0 Å². The van der Waals surface area contributed by atoms with E-state index in [1.165, 1.54) is 308 Å². The van der Waals surface area contributed by atoms with E-state index in [0.717, 1.165) is 38.5 Å². The number of allylic oxidation sites excluding steroid dienone is 3. The van der Waals surface area contributed by atoms with Gasteiger partial charge in [0.2, 0.25) is 5.91 Å². The van der Waals surface area contributed by atoms with Gasteiger partial charge in [0.15, 0.2) is 0 Å². The smallest absolute Gasteiger partial charge is 0.305 e. The summed E-state index contributed by atoms with van der Waals surface area (Å²) < 4.78 is 5.49. The second-order valence-electron chi connectivity index (χ2n) is 23.2. The number of esters is 1. The van der Waals surface area contributed by atoms with Gasteiger partial charge in [0, 0.05) is 12.8 Å². The second-order valence-corrected chi connectivity index (χ2v) is 23.2. The molecule has 438 valence electrons. The maximum atomic E-state index is 12.5. The molecule has 6 nitrogen and oxygen atoms in total. The molecule has 0 aromatic heterocycles. The van der Waals surface area contributed by atoms with E-state index in [2.05, 4.69) is 31.3 Å². The highest BCUT2D eigenvalue weighted by molar-refractivity contribution is 5.76. The predicted molar refractivity (Wildman–Crippen MR) is 324 cm³/mol. The molecule has 0 rings (SSSR count). The number of nitrogens with one attached hydrogen (secondary N) is 1. The Morgan fingerprint density at radius 1 is 0.365 bits per heavy atom. The highest BCUT2D eigenvalue weighted by Gasteiger charge is 2.18. The van der Waals surface area contributed by atoms with Gasteiger partial charge in [-0.05, 0) is 57.8 Å². The lowest BCUT2D eigenvalue weighted by Gasteiger charge is -2.20. The van der Waals surface area contributed by atoms with Crippen LogP contribution in [0.2, 0.25) is 0 Å². The van der Waals surface area contributed by atoms with Crippen LogP contribution in [0.3, 0.4) is 0 Å². The SMILES string of the molecule is CCCCCCCCCCCCCCCCC/C=C/C(O)C(CO)NC(=O)CCCCCCCCCCCC/C=C\CCCCCCCCCCCCCCOC(=O)CCCCCCCCCCCCCCCC. The van der Waals surface area contributed by atoms with E-state index in [9.17, 15) is 19.8 Å². The number of amides is 1. The highest BCUT2D eigenvalue weighted by Crippen LogP contribution is 2.18. The number of carbonyl (C=O) groups excluding carboxylic acids is 2. The molecule has 0 aliphatic rings. The van der Waals surface area contributed by atoms with E-state index < -0.39 is 12.1 Å². The zero-order valence-electron chi connectivity index (χ0n) is 50.1. The summed E-state index contributed by atoms with van der Waals surface area (Å²) in [6.07, 6.45) is 79.5. The van der Waals surface area contributed by atoms with Gasteiger partial charge in [-0.2, -0.15) is 0 Å². The number of carbonyl (C=O) groups is 2. The van der Waals surface area contributed by atoms with Gasteiger partial charge in [-0.15, -0.1) is 0 Å². The van der Waals surface area contributed by atoms with Crippen LogP contribution in [0.15, 0.2) is 24.3 Å². The fourth-order valence-corrected chi connectivity index (χ4v) is 10.6. The van der Waals surface area contributed by atoms with Crippen molar-refractivity contribution < 1.29 is 24.5 Å². The van der Waals surface area contributed by atoms with Gasteiger partial charge in [0.1, 0.15) is 0 Å². The number of ether oxygens (including phenoxy) is 1. The Balaban J connectivity index is 3.40. The summed E-state index contributed by atoms with van der Waals surface area (Å²) in [5.41, 5.74) is 0. The summed E-state index contributed by atoms with van der Waals surface area (Å²) >= 11 is 0. The van der Waals surface area contributed by atoms with Crippen molar-refractivity contribution in [3.8, 4) is 0 Å². The molecule has 0 saturated heterocycles. The molecule has 0 fully saturated rings. The van der Waals surface area contributed by atoms with Crippen molar-refractivity contribution in [2.45, 2.75) is 386 Å². The van der Waals surface area contributed by atoms with Crippen LogP contribution in [-0.2, 0) is 14.3 Å². The van der Waals surface area contributed by atoms with Crippen molar-refractivity contribution in [3.63, 3.8) is 0 Å². The summed E-state index contributed by atoms with van der Waals surface area (Å²) in [4.78, 5) is 24.5. The largest absolute Gasteiger partial charge is 0.466 e. The third-order valence-electron chi connectivity index (χ3n) is 15.7. The van der Waals surface area contributed by atoms with Gasteiger partial charge in [-0.1, -0.05) is 327 Å². The Labute approximate surface area is 462 Å². The van der Waals surface area contributed by atoms with E-state index in [4.69, 9.17) is 4.74 Å². The number of aliphatic hydroxyl groups is 2. The number of rotatable bonds is 63. The molecule has 0 aliphatic carbocycles. The molecule has 1 amide bonds. The maximum Gasteiger partial charge on any atom is 0.305 e. The topological polar surface area (TPSA) is 95.9 Å². The fourth-order valence-electron chi connectivity index (χ4n) is 10.6. The summed E-state index contributed by atoms with van der Waals surface area (Å²) in [6.45, 7) is 4.94. The molecule has 0 saturated carbocycles. The lowest BCUT2D eigenvalue weighted by Crippen LogP contribution is -2.45. The van der Waals surface area contributed by atoms with Crippen LogP contribution in [-0.4, -0.2) is 47.4 Å². The van der Waals surface area contributed by atoms with Crippen LogP contribution < -0.4 is 5.32 Å². The third kappa shape index (κ3) is 59.6. The van der Waals surface area contributed by atoms with E-state index in [1.54, 1.807) is 6.08 Å². The number of hydrogen-bond acceptors (Lipinski definition) is 5. The van der Waals surface area contributed by atoms with Crippen molar-refractivity contribution in [3.05, 3.63) is 24.3 Å². The zero-order chi connectivity index (χ0) is 53.6. The molecule has 0 bridgehead atoms. The van der Waals surface area contributed by atoms with Crippen molar-refractivity contribution in [1.82, 2.24) is 5.32 Å². The highest BCUT2D eigenvalue weighted by atomic mass is 16.5. The predicted octanol–water partition coefficient (Wildman–Crippen LogP) is 21.4. The van der Waals surface area contributed by atoms with Crippen molar-refractivity contribution in [1.29, 1.82) is 0 Å². The van der Waals surface area contributed by atoms with Crippen molar-refractivity contribution in [2.24, 2.45) is 0 Å². The van der Waals surface area contributed by atoms with Crippen LogP contribution in [0.5, 0.6) is 0 Å². The maximum absolute atomic E-state index is 12.5. The van der Waals surface area contributed by atoms with Crippen LogP contribution in [0.1, 0.15) is 373 Å². The first kappa shape index (κ1) is 72.3. The lowest BCUT2D eigenvalue weighted by atomic mass is 10.0. The van der Waals surface area contributed by atoms with Gasteiger partial charge in [0.25, 0.3) is 0 Å². The molecule has 2 atom stereocenters. The normalized spacial score (nSPS) is 12.6. The van der Waals surface area contributed by atoms with E-state index in [1.807, 2.05) is 6.08 Å². The van der Waals surface area contributed by atoms with E-state index in [-0.39, 0.29) is 18.5 Å². The molecule has 0 radical (unpaired) electrons. The Morgan fingerprint density at radius 2 is 0.635 bits per heavy atom. The molecule has 0 spiro atoms. The molecule has 0 aromatic rings. The fraction of sp³-hybridized carbons (Fsp3) is 0.912. The van der Waals surface area contributed by atoms with Crippen LogP contribution in [0.25, 0.3) is 0 Å². The Hall–Kier alpha value is -1.66. The monoisotopic (exact) mass is 1040 g/mol. The molecule has 0 heterocycles. The first-order chi connectivity index (χ1) is 36.5. The number of hydrogen-bond donors (Lipinski definition) is 3. The van der Waals surface area contributed by atoms with Gasteiger partial charge in [-0.3, -0.25) is 9.59 Å². The minimum absolute atomic E-state index is 0.0167. The van der Waals surface area contributed by atoms with Gasteiger partial charge < -0.3 is 20.3 Å². The first-order valence-corrected chi connectivity index (χ1v) is 33.6.